The highest BCUT2D eigenvalue weighted by atomic mass is 35.5. The number of para-hydroxylation sites is 2. The van der Waals surface area contributed by atoms with E-state index in [0.717, 1.165) is 25.1 Å². The topological polar surface area (TPSA) is 32.3 Å². The first-order valence-corrected chi connectivity index (χ1v) is 8.48. The molecule has 1 aliphatic rings. The Morgan fingerprint density at radius 3 is 2.61 bits per heavy atom. The van der Waals surface area contributed by atoms with Crippen LogP contribution in [-0.2, 0) is 11.2 Å². The van der Waals surface area contributed by atoms with Crippen molar-refractivity contribution in [2.24, 2.45) is 0 Å². The maximum absolute atomic E-state index is 12.5. The van der Waals surface area contributed by atoms with Crippen LogP contribution in [0.1, 0.15) is 18.4 Å². The summed E-state index contributed by atoms with van der Waals surface area (Å²) >= 11 is 12.2. The van der Waals surface area contributed by atoms with Crippen LogP contribution in [0.3, 0.4) is 0 Å². The molecule has 0 saturated heterocycles. The molecule has 0 bridgehead atoms. The molecule has 0 saturated carbocycles. The van der Waals surface area contributed by atoms with Crippen molar-refractivity contribution in [3.05, 3.63) is 58.1 Å². The van der Waals surface area contributed by atoms with Gasteiger partial charge in [0.1, 0.15) is 0 Å². The number of rotatable bonds is 4. The van der Waals surface area contributed by atoms with Crippen LogP contribution in [0.4, 0.5) is 11.4 Å². The zero-order valence-corrected chi connectivity index (χ0v) is 14.2. The summed E-state index contributed by atoms with van der Waals surface area (Å²) in [5.41, 5.74) is 2.97. The summed E-state index contributed by atoms with van der Waals surface area (Å²) in [6.45, 7) is 1.28. The fourth-order valence-electron chi connectivity index (χ4n) is 2.89. The van der Waals surface area contributed by atoms with E-state index in [1.54, 1.807) is 18.2 Å². The van der Waals surface area contributed by atoms with Gasteiger partial charge in [0.25, 0.3) is 0 Å². The normalized spacial score (nSPS) is 13.6. The third-order valence-electron chi connectivity index (χ3n) is 4.01. The average molecular weight is 349 g/mol. The molecule has 0 fully saturated rings. The predicted molar refractivity (Wildman–Crippen MR) is 96.7 cm³/mol. The lowest BCUT2D eigenvalue weighted by molar-refractivity contribution is -0.118. The van der Waals surface area contributed by atoms with E-state index in [4.69, 9.17) is 23.2 Å². The fourth-order valence-corrected chi connectivity index (χ4v) is 3.42. The molecule has 0 spiro atoms. The summed E-state index contributed by atoms with van der Waals surface area (Å²) in [6, 6.07) is 13.5. The minimum Gasteiger partial charge on any atom is -0.382 e. The molecule has 1 aliphatic heterocycles. The highest BCUT2D eigenvalue weighted by molar-refractivity contribution is 6.39. The molecule has 3 rings (SSSR count). The van der Waals surface area contributed by atoms with Crippen LogP contribution >= 0.6 is 23.2 Å². The van der Waals surface area contributed by atoms with Gasteiger partial charge in [0, 0.05) is 25.2 Å². The molecule has 5 heteroatoms. The van der Waals surface area contributed by atoms with Gasteiger partial charge in [-0.25, -0.2) is 0 Å². The number of hydrogen-bond acceptors (Lipinski definition) is 2. The average Bonchev–Trinajstić information content (AvgIpc) is 2.57. The van der Waals surface area contributed by atoms with E-state index < -0.39 is 0 Å². The van der Waals surface area contributed by atoms with Crippen molar-refractivity contribution in [1.29, 1.82) is 0 Å². The second-order valence-electron chi connectivity index (χ2n) is 5.55. The van der Waals surface area contributed by atoms with Crippen LogP contribution < -0.4 is 10.2 Å². The van der Waals surface area contributed by atoms with Gasteiger partial charge in [-0.2, -0.15) is 0 Å². The minimum absolute atomic E-state index is 0.118. The number of nitrogens with one attached hydrogen (secondary N) is 1. The number of fused-ring (bicyclic) bond motifs is 1. The Labute approximate surface area is 146 Å². The first-order chi connectivity index (χ1) is 11.2. The van der Waals surface area contributed by atoms with Gasteiger partial charge in [-0.1, -0.05) is 47.5 Å². The maximum atomic E-state index is 12.5. The summed E-state index contributed by atoms with van der Waals surface area (Å²) in [5.74, 6) is 0.118. The molecular weight excluding hydrogens is 331 g/mol. The maximum Gasteiger partial charge on any atom is 0.228 e. The van der Waals surface area contributed by atoms with Crippen LogP contribution in [0.2, 0.25) is 10.0 Å². The summed E-state index contributed by atoms with van der Waals surface area (Å²) in [6.07, 6.45) is 2.44. The Balaban J connectivity index is 1.63. The van der Waals surface area contributed by atoms with Gasteiger partial charge in [-0.05, 0) is 36.6 Å². The molecule has 0 unspecified atom stereocenters. The summed E-state index contributed by atoms with van der Waals surface area (Å²) in [7, 11) is 0. The molecule has 2 aromatic rings. The lowest BCUT2D eigenvalue weighted by atomic mass is 10.0. The van der Waals surface area contributed by atoms with E-state index in [-0.39, 0.29) is 5.91 Å². The Bertz CT molecular complexity index is 698. The number of amides is 1. The van der Waals surface area contributed by atoms with Crippen molar-refractivity contribution in [2.75, 3.05) is 23.3 Å². The van der Waals surface area contributed by atoms with E-state index in [0.29, 0.717) is 28.7 Å². The number of carbonyl (C=O) groups is 1. The van der Waals surface area contributed by atoms with Crippen LogP contribution in [0.15, 0.2) is 42.5 Å². The Kier molecular flexibility index (Phi) is 5.09. The van der Waals surface area contributed by atoms with Crippen molar-refractivity contribution in [3.63, 3.8) is 0 Å². The van der Waals surface area contributed by atoms with Crippen molar-refractivity contribution in [2.45, 2.75) is 19.3 Å². The van der Waals surface area contributed by atoms with Gasteiger partial charge in [0.15, 0.2) is 0 Å². The molecule has 3 nitrogen and oxygen atoms in total. The Hall–Kier alpha value is -1.71. The predicted octanol–water partition coefficient (Wildman–Crippen LogP) is 4.77. The van der Waals surface area contributed by atoms with Gasteiger partial charge in [0.2, 0.25) is 5.91 Å². The fraction of sp³-hybridized carbons (Fsp3) is 0.278. The first-order valence-electron chi connectivity index (χ1n) is 7.73. The van der Waals surface area contributed by atoms with Crippen molar-refractivity contribution < 1.29 is 4.79 Å². The molecule has 1 heterocycles. The number of aryl methyl sites for hydroxylation is 1. The Morgan fingerprint density at radius 1 is 1.09 bits per heavy atom. The molecule has 0 radical (unpaired) electrons. The number of carbonyl (C=O) groups excluding carboxylic acids is 1. The Morgan fingerprint density at radius 2 is 1.83 bits per heavy atom. The smallest absolute Gasteiger partial charge is 0.228 e. The second kappa shape index (κ2) is 7.24. The summed E-state index contributed by atoms with van der Waals surface area (Å²) in [4.78, 5) is 14.4. The quantitative estimate of drug-likeness (QED) is 0.862. The van der Waals surface area contributed by atoms with E-state index in [1.807, 2.05) is 23.1 Å². The number of anilines is 2. The zero-order valence-electron chi connectivity index (χ0n) is 12.7. The second-order valence-corrected chi connectivity index (χ2v) is 6.37. The first kappa shape index (κ1) is 16.2. The van der Waals surface area contributed by atoms with Gasteiger partial charge < -0.3 is 10.2 Å². The highest BCUT2D eigenvalue weighted by Gasteiger charge is 2.21. The van der Waals surface area contributed by atoms with Crippen molar-refractivity contribution in [3.8, 4) is 0 Å². The molecular formula is C18H18Cl2N2O. The molecule has 1 N–H and O–H groups in total. The molecule has 0 aromatic heterocycles. The summed E-state index contributed by atoms with van der Waals surface area (Å²) in [5, 5.41) is 4.29. The van der Waals surface area contributed by atoms with E-state index in [2.05, 4.69) is 11.4 Å². The largest absolute Gasteiger partial charge is 0.382 e. The molecule has 0 aliphatic carbocycles. The number of hydrogen-bond donors (Lipinski definition) is 1. The van der Waals surface area contributed by atoms with E-state index >= 15 is 0 Å². The monoisotopic (exact) mass is 348 g/mol. The van der Waals surface area contributed by atoms with Crippen molar-refractivity contribution >= 4 is 40.5 Å². The van der Waals surface area contributed by atoms with Crippen molar-refractivity contribution in [1.82, 2.24) is 0 Å². The van der Waals surface area contributed by atoms with Gasteiger partial charge in [-0.3, -0.25) is 4.79 Å². The number of benzene rings is 2. The lowest BCUT2D eigenvalue weighted by Crippen LogP contribution is -2.36. The zero-order chi connectivity index (χ0) is 16.2. The minimum atomic E-state index is 0.118. The van der Waals surface area contributed by atoms with E-state index in [9.17, 15) is 4.79 Å². The number of halogens is 2. The van der Waals surface area contributed by atoms with Crippen LogP contribution in [0.5, 0.6) is 0 Å². The number of nitrogens with zero attached hydrogens (tertiary/aromatic N) is 1. The van der Waals surface area contributed by atoms with Crippen LogP contribution in [0, 0.1) is 0 Å². The third kappa shape index (κ3) is 3.62. The molecule has 1 amide bonds. The van der Waals surface area contributed by atoms with Crippen LogP contribution in [-0.4, -0.2) is 19.0 Å². The van der Waals surface area contributed by atoms with Gasteiger partial charge >= 0.3 is 0 Å². The summed E-state index contributed by atoms with van der Waals surface area (Å²) < 4.78 is 0. The standard InChI is InChI=1S/C18H18Cl2N2O/c19-14-7-3-8-15(20)18(14)21-11-10-17(23)22-12-4-6-13-5-1-2-9-16(13)22/h1-3,5,7-9,21H,4,6,10-12H2. The van der Waals surface area contributed by atoms with Crippen LogP contribution in [0.25, 0.3) is 0 Å². The molecule has 2 aromatic carbocycles. The molecule has 0 atom stereocenters. The van der Waals surface area contributed by atoms with Gasteiger partial charge in [-0.15, -0.1) is 0 Å². The van der Waals surface area contributed by atoms with Gasteiger partial charge in [0.05, 0.1) is 15.7 Å². The molecule has 120 valence electrons. The highest BCUT2D eigenvalue weighted by Crippen LogP contribution is 2.30. The SMILES string of the molecule is O=C(CCNc1c(Cl)cccc1Cl)N1CCCc2ccccc21. The third-order valence-corrected chi connectivity index (χ3v) is 4.64. The lowest BCUT2D eigenvalue weighted by Gasteiger charge is -2.29. The van der Waals surface area contributed by atoms with E-state index in [1.165, 1.54) is 5.56 Å². The molecule has 23 heavy (non-hydrogen) atoms.